The molecule has 0 radical (unpaired) electrons. The number of aromatic nitrogens is 2. The Kier molecular flexibility index (Phi) is 4.70. The summed E-state index contributed by atoms with van der Waals surface area (Å²) in [6.07, 6.45) is 3.97. The molecule has 2 aliphatic rings. The molecule has 1 aliphatic heterocycles. The van der Waals surface area contributed by atoms with Gasteiger partial charge in [0.25, 0.3) is 0 Å². The summed E-state index contributed by atoms with van der Waals surface area (Å²) in [6.45, 7) is 2.55. The molecule has 2 heterocycles. The summed E-state index contributed by atoms with van der Waals surface area (Å²) in [5.74, 6) is -0.401. The van der Waals surface area contributed by atoms with Crippen molar-refractivity contribution in [1.82, 2.24) is 14.9 Å². The van der Waals surface area contributed by atoms with E-state index in [1.165, 1.54) is 24.3 Å². The molecule has 0 bridgehead atoms. The molecule has 1 N–H and O–H groups in total. The summed E-state index contributed by atoms with van der Waals surface area (Å²) in [7, 11) is 0. The molecule has 1 aromatic heterocycles. The van der Waals surface area contributed by atoms with E-state index in [0.717, 1.165) is 0 Å². The first-order valence-electron chi connectivity index (χ1n) is 8.99. The minimum atomic E-state index is -0.354. The molecule has 1 saturated heterocycles. The van der Waals surface area contributed by atoms with Crippen LogP contribution in [0.5, 0.6) is 0 Å². The normalized spacial score (nSPS) is 21.7. The van der Waals surface area contributed by atoms with Crippen molar-refractivity contribution in [1.29, 1.82) is 0 Å². The number of nitrogens with one attached hydrogen (secondary N) is 1. The summed E-state index contributed by atoms with van der Waals surface area (Å²) in [6, 6.07) is 7.38. The molecule has 2 atom stereocenters. The smallest absolute Gasteiger partial charge is 0.228 e. The fourth-order valence-corrected chi connectivity index (χ4v) is 3.34. The van der Waals surface area contributed by atoms with Crippen LogP contribution >= 0.6 is 0 Å². The Bertz CT molecular complexity index is 822. The standard InChI is InChI=1S/C19H20FN5O2/c20-13-2-4-14(5-3-13)23-17(26)15-12-16(15)18(27)24-8-10-25(11-9-24)19-21-6-1-7-22-19/h1-7,15-16H,8-12H2,(H,23,26). The van der Waals surface area contributed by atoms with E-state index in [4.69, 9.17) is 0 Å². The van der Waals surface area contributed by atoms with Gasteiger partial charge in [-0.3, -0.25) is 9.59 Å². The van der Waals surface area contributed by atoms with E-state index in [1.807, 2.05) is 4.90 Å². The van der Waals surface area contributed by atoms with Crippen LogP contribution in [0.1, 0.15) is 6.42 Å². The van der Waals surface area contributed by atoms with Crippen LogP contribution in [0.2, 0.25) is 0 Å². The van der Waals surface area contributed by atoms with E-state index in [-0.39, 0.29) is 29.5 Å². The molecule has 2 unspecified atom stereocenters. The van der Waals surface area contributed by atoms with Crippen molar-refractivity contribution in [2.24, 2.45) is 11.8 Å². The molecule has 1 aliphatic carbocycles. The van der Waals surface area contributed by atoms with Crippen molar-refractivity contribution in [3.8, 4) is 0 Å². The summed E-state index contributed by atoms with van der Waals surface area (Å²) in [5, 5.41) is 2.75. The van der Waals surface area contributed by atoms with Gasteiger partial charge < -0.3 is 15.1 Å². The van der Waals surface area contributed by atoms with E-state index in [2.05, 4.69) is 20.2 Å². The Balaban J connectivity index is 1.27. The molecule has 140 valence electrons. The third-order valence-corrected chi connectivity index (χ3v) is 4.98. The SMILES string of the molecule is O=C(Nc1ccc(F)cc1)C1CC1C(=O)N1CCN(c2ncccn2)CC1. The van der Waals surface area contributed by atoms with Gasteiger partial charge in [0, 0.05) is 44.3 Å². The van der Waals surface area contributed by atoms with Crippen LogP contribution in [0.4, 0.5) is 16.0 Å². The first-order valence-corrected chi connectivity index (χ1v) is 8.99. The van der Waals surface area contributed by atoms with Gasteiger partial charge in [0.05, 0.1) is 11.8 Å². The number of carbonyl (C=O) groups is 2. The number of hydrogen-bond donors (Lipinski definition) is 1. The molecule has 4 rings (SSSR count). The maximum absolute atomic E-state index is 12.9. The lowest BCUT2D eigenvalue weighted by Crippen LogP contribution is -2.50. The average Bonchev–Trinajstić information content (AvgIpc) is 3.51. The monoisotopic (exact) mass is 369 g/mol. The maximum Gasteiger partial charge on any atom is 0.228 e. The predicted octanol–water partition coefficient (Wildman–Crippen LogP) is 1.54. The third-order valence-electron chi connectivity index (χ3n) is 4.98. The molecule has 2 aromatic rings. The van der Waals surface area contributed by atoms with Crippen LogP contribution in [-0.4, -0.2) is 52.9 Å². The van der Waals surface area contributed by atoms with Crippen LogP contribution in [0.25, 0.3) is 0 Å². The minimum absolute atomic E-state index is 0.0305. The zero-order valence-electron chi connectivity index (χ0n) is 14.7. The third kappa shape index (κ3) is 3.89. The van der Waals surface area contributed by atoms with E-state index in [0.29, 0.717) is 44.2 Å². The molecular formula is C19H20FN5O2. The number of halogens is 1. The lowest BCUT2D eigenvalue weighted by atomic mass is 10.2. The van der Waals surface area contributed by atoms with Gasteiger partial charge in [-0.15, -0.1) is 0 Å². The molecule has 2 amide bonds. The number of anilines is 2. The Labute approximate surface area is 156 Å². The van der Waals surface area contributed by atoms with Crippen molar-refractivity contribution in [2.75, 3.05) is 36.4 Å². The van der Waals surface area contributed by atoms with Gasteiger partial charge in [0.1, 0.15) is 5.82 Å². The summed E-state index contributed by atoms with van der Waals surface area (Å²) < 4.78 is 12.9. The maximum atomic E-state index is 12.9. The molecule has 2 fully saturated rings. The van der Waals surface area contributed by atoms with E-state index < -0.39 is 0 Å². The Morgan fingerprint density at radius 3 is 2.33 bits per heavy atom. The number of carbonyl (C=O) groups excluding carboxylic acids is 2. The number of rotatable bonds is 4. The van der Waals surface area contributed by atoms with Gasteiger partial charge in [-0.1, -0.05) is 0 Å². The lowest BCUT2D eigenvalue weighted by Gasteiger charge is -2.34. The van der Waals surface area contributed by atoms with Crippen molar-refractivity contribution < 1.29 is 14.0 Å². The molecule has 1 saturated carbocycles. The number of amides is 2. The average molecular weight is 369 g/mol. The molecule has 1 aromatic carbocycles. The van der Waals surface area contributed by atoms with E-state index in [1.54, 1.807) is 18.5 Å². The summed E-state index contributed by atoms with van der Waals surface area (Å²) in [4.78, 5) is 37.3. The Morgan fingerprint density at radius 2 is 1.67 bits per heavy atom. The summed E-state index contributed by atoms with van der Waals surface area (Å²) in [5.41, 5.74) is 0.538. The van der Waals surface area contributed by atoms with Gasteiger partial charge in [-0.2, -0.15) is 0 Å². The minimum Gasteiger partial charge on any atom is -0.339 e. The van der Waals surface area contributed by atoms with Gasteiger partial charge in [0.2, 0.25) is 17.8 Å². The largest absolute Gasteiger partial charge is 0.339 e. The van der Waals surface area contributed by atoms with Crippen LogP contribution < -0.4 is 10.2 Å². The Morgan fingerprint density at radius 1 is 1.00 bits per heavy atom. The van der Waals surface area contributed by atoms with E-state index >= 15 is 0 Å². The van der Waals surface area contributed by atoms with Gasteiger partial charge >= 0.3 is 0 Å². The van der Waals surface area contributed by atoms with Crippen molar-refractivity contribution in [3.63, 3.8) is 0 Å². The predicted molar refractivity (Wildman–Crippen MR) is 97.5 cm³/mol. The molecule has 27 heavy (non-hydrogen) atoms. The number of nitrogens with zero attached hydrogens (tertiary/aromatic N) is 4. The first kappa shape index (κ1) is 17.4. The molecule has 8 heteroatoms. The van der Waals surface area contributed by atoms with Crippen LogP contribution in [-0.2, 0) is 9.59 Å². The van der Waals surface area contributed by atoms with Crippen LogP contribution in [0.3, 0.4) is 0 Å². The fourth-order valence-electron chi connectivity index (χ4n) is 3.34. The number of piperazine rings is 1. The zero-order chi connectivity index (χ0) is 18.8. The second-order valence-corrected chi connectivity index (χ2v) is 6.81. The van der Waals surface area contributed by atoms with Gasteiger partial charge in [-0.25, -0.2) is 14.4 Å². The van der Waals surface area contributed by atoms with E-state index in [9.17, 15) is 14.0 Å². The molecular weight excluding hydrogens is 349 g/mol. The quantitative estimate of drug-likeness (QED) is 0.885. The van der Waals surface area contributed by atoms with Gasteiger partial charge in [-0.05, 0) is 36.8 Å². The fraction of sp³-hybridized carbons (Fsp3) is 0.368. The number of benzene rings is 1. The first-order chi connectivity index (χ1) is 13.1. The highest BCUT2D eigenvalue weighted by molar-refractivity contribution is 5.99. The summed E-state index contributed by atoms with van der Waals surface area (Å²) >= 11 is 0. The van der Waals surface area contributed by atoms with Crippen molar-refractivity contribution in [3.05, 3.63) is 48.5 Å². The molecule has 7 nitrogen and oxygen atoms in total. The van der Waals surface area contributed by atoms with Crippen molar-refractivity contribution in [2.45, 2.75) is 6.42 Å². The highest BCUT2D eigenvalue weighted by atomic mass is 19.1. The second-order valence-electron chi connectivity index (χ2n) is 6.81. The lowest BCUT2D eigenvalue weighted by molar-refractivity contribution is -0.134. The van der Waals surface area contributed by atoms with Crippen LogP contribution in [0, 0.1) is 17.7 Å². The topological polar surface area (TPSA) is 78.4 Å². The highest BCUT2D eigenvalue weighted by Gasteiger charge is 2.49. The zero-order valence-corrected chi connectivity index (χ0v) is 14.7. The molecule has 0 spiro atoms. The highest BCUT2D eigenvalue weighted by Crippen LogP contribution is 2.41. The second kappa shape index (κ2) is 7.30. The van der Waals surface area contributed by atoms with Gasteiger partial charge in [0.15, 0.2) is 0 Å². The Hall–Kier alpha value is -3.03. The number of hydrogen-bond acceptors (Lipinski definition) is 5. The van der Waals surface area contributed by atoms with Crippen LogP contribution in [0.15, 0.2) is 42.7 Å². The van der Waals surface area contributed by atoms with Crippen molar-refractivity contribution >= 4 is 23.5 Å².